The van der Waals surface area contributed by atoms with E-state index in [9.17, 15) is 14.9 Å². The summed E-state index contributed by atoms with van der Waals surface area (Å²) in [5, 5.41) is 14.7. The summed E-state index contributed by atoms with van der Waals surface area (Å²) >= 11 is 0. The molecule has 166 valence electrons. The summed E-state index contributed by atoms with van der Waals surface area (Å²) < 4.78 is 0. The molecule has 1 N–H and O–H groups in total. The third-order valence-corrected chi connectivity index (χ3v) is 5.31. The van der Waals surface area contributed by atoms with E-state index in [4.69, 9.17) is 0 Å². The van der Waals surface area contributed by atoms with Crippen LogP contribution in [0.1, 0.15) is 43.6 Å². The van der Waals surface area contributed by atoms with Gasteiger partial charge in [-0.3, -0.25) is 14.9 Å². The molecule has 0 heterocycles. The average Bonchev–Trinajstić information content (AvgIpc) is 2.77. The molecule has 0 aromatic heterocycles. The molecule has 3 aromatic rings. The molecule has 0 aliphatic carbocycles. The molecule has 0 fully saturated rings. The highest BCUT2D eigenvalue weighted by atomic mass is 16.6. The number of anilines is 1. The minimum atomic E-state index is -0.389. The molecular formula is C26H29N3O3. The second-order valence-corrected chi connectivity index (χ2v) is 8.31. The Kier molecular flexibility index (Phi) is 7.25. The number of amides is 1. The van der Waals surface area contributed by atoms with Gasteiger partial charge < -0.3 is 10.2 Å². The predicted molar refractivity (Wildman–Crippen MR) is 129 cm³/mol. The summed E-state index contributed by atoms with van der Waals surface area (Å²) in [5.74, 6) is -0.0267. The minimum absolute atomic E-state index is 0.0164. The number of hydrogen-bond donors (Lipinski definition) is 1. The van der Waals surface area contributed by atoms with Crippen LogP contribution in [-0.2, 0) is 6.54 Å². The van der Waals surface area contributed by atoms with Crippen molar-refractivity contribution in [3.05, 3.63) is 94.0 Å². The molecule has 32 heavy (non-hydrogen) atoms. The molecule has 1 amide bonds. The zero-order chi connectivity index (χ0) is 23.3. The molecule has 0 atom stereocenters. The zero-order valence-corrected chi connectivity index (χ0v) is 18.9. The lowest BCUT2D eigenvalue weighted by molar-refractivity contribution is -0.384. The Morgan fingerprint density at radius 1 is 0.906 bits per heavy atom. The van der Waals surface area contributed by atoms with Gasteiger partial charge in [0.25, 0.3) is 11.6 Å². The van der Waals surface area contributed by atoms with Crippen molar-refractivity contribution in [2.24, 2.45) is 0 Å². The van der Waals surface area contributed by atoms with Gasteiger partial charge in [-0.25, -0.2) is 0 Å². The maximum Gasteiger partial charge on any atom is 0.292 e. The van der Waals surface area contributed by atoms with E-state index in [1.54, 1.807) is 12.1 Å². The molecule has 6 heteroatoms. The molecule has 0 radical (unpaired) electrons. The molecule has 0 spiro atoms. The highest BCUT2D eigenvalue weighted by Crippen LogP contribution is 2.31. The number of hydrogen-bond acceptors (Lipinski definition) is 4. The lowest BCUT2D eigenvalue weighted by atomic mass is 10.0. The molecule has 0 aliphatic heterocycles. The number of carbonyl (C=O) groups is 1. The minimum Gasteiger partial charge on any atom is -0.375 e. The first-order valence-electron chi connectivity index (χ1n) is 10.8. The van der Waals surface area contributed by atoms with Gasteiger partial charge in [0.2, 0.25) is 0 Å². The second-order valence-electron chi connectivity index (χ2n) is 8.31. The van der Waals surface area contributed by atoms with Gasteiger partial charge in [0.15, 0.2) is 0 Å². The number of nitrogens with one attached hydrogen (secondary N) is 1. The first-order chi connectivity index (χ1) is 15.3. The molecule has 0 saturated carbocycles. The molecule has 3 rings (SSSR count). The van der Waals surface area contributed by atoms with Gasteiger partial charge in [0.05, 0.1) is 4.92 Å². The molecule has 6 nitrogen and oxygen atoms in total. The van der Waals surface area contributed by atoms with Crippen LogP contribution in [-0.4, -0.2) is 27.8 Å². The van der Waals surface area contributed by atoms with Crippen molar-refractivity contribution in [3.63, 3.8) is 0 Å². The molecular weight excluding hydrogens is 402 g/mol. The number of nitro benzene ring substituents is 1. The SMILES string of the molecule is CC(C)N(C(=O)c1cccc(-c2ccc([N+](=O)[O-])c(NCc3ccccc3)c2)c1)C(C)C. The van der Waals surface area contributed by atoms with Gasteiger partial charge in [0, 0.05) is 30.3 Å². The van der Waals surface area contributed by atoms with Crippen LogP contribution in [0.4, 0.5) is 11.4 Å². The number of nitro groups is 1. The van der Waals surface area contributed by atoms with Crippen LogP contribution in [0.2, 0.25) is 0 Å². The van der Waals surface area contributed by atoms with Crippen molar-refractivity contribution in [1.82, 2.24) is 4.90 Å². The molecule has 3 aromatic carbocycles. The summed E-state index contributed by atoms with van der Waals surface area (Å²) in [4.78, 5) is 26.1. The normalized spacial score (nSPS) is 10.9. The largest absolute Gasteiger partial charge is 0.375 e. The molecule has 0 saturated heterocycles. The Balaban J connectivity index is 1.93. The van der Waals surface area contributed by atoms with E-state index in [1.807, 2.05) is 87.2 Å². The van der Waals surface area contributed by atoms with Crippen molar-refractivity contribution in [2.75, 3.05) is 5.32 Å². The van der Waals surface area contributed by atoms with E-state index in [-0.39, 0.29) is 28.6 Å². The van der Waals surface area contributed by atoms with Gasteiger partial charge >= 0.3 is 0 Å². The number of rotatable bonds is 8. The van der Waals surface area contributed by atoms with E-state index < -0.39 is 0 Å². The molecule has 0 unspecified atom stereocenters. The maximum absolute atomic E-state index is 13.1. The Hall–Kier alpha value is -3.67. The van der Waals surface area contributed by atoms with Crippen LogP contribution in [0.25, 0.3) is 11.1 Å². The highest BCUT2D eigenvalue weighted by molar-refractivity contribution is 5.96. The van der Waals surface area contributed by atoms with Crippen molar-refractivity contribution in [2.45, 2.75) is 46.3 Å². The number of carbonyl (C=O) groups excluding carboxylic acids is 1. The maximum atomic E-state index is 13.1. The van der Waals surface area contributed by atoms with Crippen molar-refractivity contribution < 1.29 is 9.72 Å². The fraction of sp³-hybridized carbons (Fsp3) is 0.269. The first kappa shape index (κ1) is 23.0. The third kappa shape index (κ3) is 5.32. The summed E-state index contributed by atoms with van der Waals surface area (Å²) in [6.45, 7) is 8.48. The fourth-order valence-electron chi connectivity index (χ4n) is 3.86. The van der Waals surface area contributed by atoms with Gasteiger partial charge in [-0.15, -0.1) is 0 Å². The predicted octanol–water partition coefficient (Wildman–Crippen LogP) is 6.13. The lowest BCUT2D eigenvalue weighted by Gasteiger charge is -2.31. The van der Waals surface area contributed by atoms with Crippen LogP contribution in [0.15, 0.2) is 72.8 Å². The van der Waals surface area contributed by atoms with Crippen LogP contribution >= 0.6 is 0 Å². The zero-order valence-electron chi connectivity index (χ0n) is 18.9. The van der Waals surface area contributed by atoms with Crippen molar-refractivity contribution in [1.29, 1.82) is 0 Å². The summed E-state index contributed by atoms with van der Waals surface area (Å²) in [5.41, 5.74) is 3.73. The number of benzene rings is 3. The van der Waals surface area contributed by atoms with E-state index in [0.29, 0.717) is 17.8 Å². The molecule has 0 bridgehead atoms. The Morgan fingerprint density at radius 3 is 2.19 bits per heavy atom. The monoisotopic (exact) mass is 431 g/mol. The summed E-state index contributed by atoms with van der Waals surface area (Å²) in [7, 11) is 0. The second kappa shape index (κ2) is 10.1. The Morgan fingerprint density at radius 2 is 1.56 bits per heavy atom. The highest BCUT2D eigenvalue weighted by Gasteiger charge is 2.22. The Labute approximate surface area is 189 Å². The topological polar surface area (TPSA) is 75.5 Å². The summed E-state index contributed by atoms with van der Waals surface area (Å²) in [6.07, 6.45) is 0. The first-order valence-corrected chi connectivity index (χ1v) is 10.8. The number of nitrogens with zero attached hydrogens (tertiary/aromatic N) is 2. The van der Waals surface area contributed by atoms with E-state index in [1.165, 1.54) is 6.07 Å². The lowest BCUT2D eigenvalue weighted by Crippen LogP contribution is -2.42. The average molecular weight is 432 g/mol. The van der Waals surface area contributed by atoms with Crippen LogP contribution < -0.4 is 5.32 Å². The van der Waals surface area contributed by atoms with Gasteiger partial charge in [-0.05, 0) is 68.7 Å². The van der Waals surface area contributed by atoms with Crippen LogP contribution in [0.5, 0.6) is 0 Å². The summed E-state index contributed by atoms with van der Waals surface area (Å²) in [6, 6.07) is 22.3. The van der Waals surface area contributed by atoms with E-state index >= 15 is 0 Å². The van der Waals surface area contributed by atoms with Crippen LogP contribution in [0, 0.1) is 10.1 Å². The third-order valence-electron chi connectivity index (χ3n) is 5.31. The van der Waals surface area contributed by atoms with Crippen molar-refractivity contribution in [3.8, 4) is 11.1 Å². The van der Waals surface area contributed by atoms with Gasteiger partial charge in [0.1, 0.15) is 5.69 Å². The quantitative estimate of drug-likeness (QED) is 0.344. The fourth-order valence-corrected chi connectivity index (χ4v) is 3.86. The van der Waals surface area contributed by atoms with Gasteiger partial charge in [-0.1, -0.05) is 42.5 Å². The standard InChI is InChI=1S/C26H29N3O3/c1-18(2)28(19(3)4)26(30)23-12-8-11-21(15-23)22-13-14-25(29(31)32)24(16-22)27-17-20-9-6-5-7-10-20/h5-16,18-19,27H,17H2,1-4H3. The van der Waals surface area contributed by atoms with Crippen LogP contribution in [0.3, 0.4) is 0 Å². The van der Waals surface area contributed by atoms with Gasteiger partial charge in [-0.2, -0.15) is 0 Å². The smallest absolute Gasteiger partial charge is 0.292 e. The van der Waals surface area contributed by atoms with E-state index in [0.717, 1.165) is 16.7 Å². The van der Waals surface area contributed by atoms with E-state index in [2.05, 4.69) is 5.32 Å². The Bertz CT molecular complexity index is 1090. The van der Waals surface area contributed by atoms with Crippen molar-refractivity contribution >= 4 is 17.3 Å². The molecule has 0 aliphatic rings.